The highest BCUT2D eigenvalue weighted by molar-refractivity contribution is 9.10. The number of carbonyl (C=O) groups excluding carboxylic acids is 1. The third-order valence-electron chi connectivity index (χ3n) is 2.36. The van der Waals surface area contributed by atoms with Crippen molar-refractivity contribution in [2.24, 2.45) is 11.7 Å². The minimum Gasteiger partial charge on any atom is -0.383 e. The maximum atomic E-state index is 11.0. The van der Waals surface area contributed by atoms with Gasteiger partial charge in [0.15, 0.2) is 10.4 Å². The average molecular weight is 289 g/mol. The van der Waals surface area contributed by atoms with Gasteiger partial charge in [0.2, 0.25) is 0 Å². The number of imidazole rings is 1. The molecule has 90 valence electrons. The predicted octanol–water partition coefficient (Wildman–Crippen LogP) is 1.76. The molecule has 0 unspecified atom stereocenters. The molecule has 5 nitrogen and oxygen atoms in total. The second-order valence-electron chi connectivity index (χ2n) is 4.17. The number of primary amides is 1. The van der Waals surface area contributed by atoms with E-state index in [1.54, 1.807) is 4.57 Å². The largest absolute Gasteiger partial charge is 0.383 e. The zero-order chi connectivity index (χ0) is 12.3. The fourth-order valence-electron chi connectivity index (χ4n) is 1.49. The van der Waals surface area contributed by atoms with Crippen LogP contribution in [0, 0.1) is 5.92 Å². The molecule has 0 aliphatic rings. The van der Waals surface area contributed by atoms with Crippen LogP contribution in [0.2, 0.25) is 0 Å². The fraction of sp³-hybridized carbons (Fsp3) is 0.600. The number of hydrogen-bond donors (Lipinski definition) is 2. The van der Waals surface area contributed by atoms with Crippen molar-refractivity contribution < 1.29 is 4.79 Å². The molecule has 0 spiro atoms. The third-order valence-corrected chi connectivity index (χ3v) is 2.96. The Morgan fingerprint density at radius 3 is 2.62 bits per heavy atom. The van der Waals surface area contributed by atoms with Crippen LogP contribution in [0.1, 0.15) is 37.2 Å². The summed E-state index contributed by atoms with van der Waals surface area (Å²) in [6.07, 6.45) is 2.10. The second-order valence-corrected chi connectivity index (χ2v) is 4.88. The molecule has 1 aromatic heterocycles. The SMILES string of the molecule is CC(C)CCCn1c(Br)nc(C(N)=O)c1N. The first-order valence-corrected chi connectivity index (χ1v) is 6.04. The lowest BCUT2D eigenvalue weighted by molar-refractivity contribution is 0.0997. The van der Waals surface area contributed by atoms with E-state index in [-0.39, 0.29) is 5.69 Å². The number of nitrogen functional groups attached to an aromatic ring is 1. The topological polar surface area (TPSA) is 86.9 Å². The van der Waals surface area contributed by atoms with Crippen molar-refractivity contribution in [2.45, 2.75) is 33.2 Å². The van der Waals surface area contributed by atoms with Crippen molar-refractivity contribution in [3.8, 4) is 0 Å². The lowest BCUT2D eigenvalue weighted by atomic mass is 10.1. The normalized spacial score (nSPS) is 11.0. The van der Waals surface area contributed by atoms with Gasteiger partial charge in [-0.1, -0.05) is 13.8 Å². The molecule has 0 aromatic carbocycles. The van der Waals surface area contributed by atoms with Gasteiger partial charge in [-0.05, 0) is 34.7 Å². The molecule has 0 atom stereocenters. The van der Waals surface area contributed by atoms with Gasteiger partial charge in [-0.2, -0.15) is 0 Å². The minimum atomic E-state index is -0.596. The molecular formula is C10H17BrN4O. The van der Waals surface area contributed by atoms with Crippen LogP contribution in [0.4, 0.5) is 5.82 Å². The number of carbonyl (C=O) groups is 1. The molecule has 0 bridgehead atoms. The summed E-state index contributed by atoms with van der Waals surface area (Å²) in [6.45, 7) is 5.08. The van der Waals surface area contributed by atoms with Gasteiger partial charge in [0, 0.05) is 6.54 Å². The number of nitrogens with zero attached hydrogens (tertiary/aromatic N) is 2. The standard InChI is InChI=1S/C10H17BrN4O/c1-6(2)4-3-5-15-8(12)7(9(13)16)14-10(15)11/h6H,3-5,12H2,1-2H3,(H2,13,16). The average Bonchev–Trinajstić information content (AvgIpc) is 2.44. The molecule has 1 heterocycles. The molecule has 6 heteroatoms. The fourth-order valence-corrected chi connectivity index (χ4v) is 2.03. The molecular weight excluding hydrogens is 272 g/mol. The maximum Gasteiger partial charge on any atom is 0.271 e. The maximum absolute atomic E-state index is 11.0. The van der Waals surface area contributed by atoms with E-state index in [1.807, 2.05) is 0 Å². The van der Waals surface area contributed by atoms with Crippen molar-refractivity contribution >= 4 is 27.7 Å². The van der Waals surface area contributed by atoms with Crippen LogP contribution in [0.5, 0.6) is 0 Å². The van der Waals surface area contributed by atoms with Gasteiger partial charge in [-0.25, -0.2) is 4.98 Å². The number of halogens is 1. The van der Waals surface area contributed by atoms with Gasteiger partial charge in [0.25, 0.3) is 5.91 Å². The summed E-state index contributed by atoms with van der Waals surface area (Å²) >= 11 is 3.27. The summed E-state index contributed by atoms with van der Waals surface area (Å²) in [7, 11) is 0. The van der Waals surface area contributed by atoms with Crippen LogP contribution in [0.3, 0.4) is 0 Å². The minimum absolute atomic E-state index is 0.136. The Kier molecular flexibility index (Phi) is 4.35. The van der Waals surface area contributed by atoms with E-state index in [1.165, 1.54) is 0 Å². The molecule has 4 N–H and O–H groups in total. The number of nitrogens with two attached hydrogens (primary N) is 2. The Hall–Kier alpha value is -1.04. The first kappa shape index (κ1) is 13.0. The highest BCUT2D eigenvalue weighted by Gasteiger charge is 2.16. The number of anilines is 1. The smallest absolute Gasteiger partial charge is 0.271 e. The number of rotatable bonds is 5. The van der Waals surface area contributed by atoms with E-state index in [4.69, 9.17) is 11.5 Å². The Morgan fingerprint density at radius 1 is 1.56 bits per heavy atom. The van der Waals surface area contributed by atoms with E-state index in [0.29, 0.717) is 16.5 Å². The molecule has 1 aromatic rings. The van der Waals surface area contributed by atoms with Crippen LogP contribution < -0.4 is 11.5 Å². The van der Waals surface area contributed by atoms with Crippen molar-refractivity contribution in [1.29, 1.82) is 0 Å². The molecule has 1 rings (SSSR count). The quantitative estimate of drug-likeness (QED) is 0.865. The summed E-state index contributed by atoms with van der Waals surface area (Å²) in [4.78, 5) is 15.0. The van der Waals surface area contributed by atoms with Gasteiger partial charge in [0.05, 0.1) is 0 Å². The lowest BCUT2D eigenvalue weighted by Gasteiger charge is -2.08. The molecule has 0 fully saturated rings. The van der Waals surface area contributed by atoms with Crippen LogP contribution in [-0.2, 0) is 6.54 Å². The highest BCUT2D eigenvalue weighted by atomic mass is 79.9. The molecule has 16 heavy (non-hydrogen) atoms. The van der Waals surface area contributed by atoms with Crippen LogP contribution in [-0.4, -0.2) is 15.5 Å². The monoisotopic (exact) mass is 288 g/mol. The van der Waals surface area contributed by atoms with Crippen molar-refractivity contribution in [1.82, 2.24) is 9.55 Å². The van der Waals surface area contributed by atoms with Crippen LogP contribution in [0.15, 0.2) is 4.73 Å². The van der Waals surface area contributed by atoms with Crippen molar-refractivity contribution in [3.05, 3.63) is 10.4 Å². The molecule has 0 saturated heterocycles. The van der Waals surface area contributed by atoms with Crippen LogP contribution in [0.25, 0.3) is 0 Å². The summed E-state index contributed by atoms with van der Waals surface area (Å²) in [5, 5.41) is 0. The number of amides is 1. The molecule has 0 radical (unpaired) electrons. The van der Waals surface area contributed by atoms with E-state index in [0.717, 1.165) is 19.4 Å². The summed E-state index contributed by atoms with van der Waals surface area (Å²) in [5.41, 5.74) is 11.1. The number of hydrogen-bond acceptors (Lipinski definition) is 3. The van der Waals surface area contributed by atoms with E-state index in [2.05, 4.69) is 34.8 Å². The summed E-state index contributed by atoms with van der Waals surface area (Å²) in [6, 6.07) is 0. The van der Waals surface area contributed by atoms with Gasteiger partial charge in [-0.3, -0.25) is 4.79 Å². The van der Waals surface area contributed by atoms with E-state index in [9.17, 15) is 4.79 Å². The molecule has 0 aliphatic carbocycles. The zero-order valence-electron chi connectivity index (χ0n) is 9.53. The molecule has 0 saturated carbocycles. The lowest BCUT2D eigenvalue weighted by Crippen LogP contribution is -2.14. The van der Waals surface area contributed by atoms with Crippen molar-refractivity contribution in [2.75, 3.05) is 5.73 Å². The Labute approximate surface area is 103 Å². The number of aromatic nitrogens is 2. The van der Waals surface area contributed by atoms with Crippen LogP contribution >= 0.6 is 15.9 Å². The second kappa shape index (κ2) is 5.34. The first-order chi connectivity index (χ1) is 7.43. The van der Waals surface area contributed by atoms with E-state index < -0.39 is 5.91 Å². The van der Waals surface area contributed by atoms with Crippen molar-refractivity contribution in [3.63, 3.8) is 0 Å². The highest BCUT2D eigenvalue weighted by Crippen LogP contribution is 2.20. The predicted molar refractivity (Wildman–Crippen MR) is 66.9 cm³/mol. The van der Waals surface area contributed by atoms with Gasteiger partial charge in [-0.15, -0.1) is 0 Å². The summed E-state index contributed by atoms with van der Waals surface area (Å²) in [5.74, 6) is 0.392. The van der Waals surface area contributed by atoms with E-state index >= 15 is 0 Å². The Bertz CT molecular complexity index is 386. The zero-order valence-corrected chi connectivity index (χ0v) is 11.1. The summed E-state index contributed by atoms with van der Waals surface area (Å²) < 4.78 is 2.32. The molecule has 1 amide bonds. The Balaban J connectivity index is 2.76. The van der Waals surface area contributed by atoms with Gasteiger partial charge < -0.3 is 16.0 Å². The third kappa shape index (κ3) is 2.98. The molecule has 0 aliphatic heterocycles. The van der Waals surface area contributed by atoms with Gasteiger partial charge >= 0.3 is 0 Å². The van der Waals surface area contributed by atoms with Gasteiger partial charge in [0.1, 0.15) is 5.82 Å². The first-order valence-electron chi connectivity index (χ1n) is 5.24. The Morgan fingerprint density at radius 2 is 2.19 bits per heavy atom.